The molecule has 0 bridgehead atoms. The smallest absolute Gasteiger partial charge is 0.405 e. The number of hydrogen-bond acceptors (Lipinski definition) is 13. The summed E-state index contributed by atoms with van der Waals surface area (Å²) in [6.07, 6.45) is -0.0460. The Bertz CT molecular complexity index is 2510. The molecule has 2 heterocycles. The SMILES string of the molecule is CC(C)(C)OC(N)=O.Cl.N.O=C(O)COc1ccc(CNC(=O)C2SCCN2C(=O)CCCc2cc(F)c(F)cc2F)cc1.O=C(O)COc1ccc(CNC(=O)C2SCCN2C(=O)CCCc2cc(F)c(F)cc2F)cc1. The van der Waals surface area contributed by atoms with Crippen LogP contribution in [0.15, 0.2) is 72.8 Å². The van der Waals surface area contributed by atoms with Gasteiger partial charge in [-0.05, 0) is 105 Å². The minimum Gasteiger partial charge on any atom is -0.482 e. The number of carboxylic acid groups (broad SMARTS) is 2. The number of aryl methyl sites for hydroxylation is 2. The molecule has 0 aromatic heterocycles. The number of carbonyl (C=O) groups is 7. The minimum atomic E-state index is -1.26. The number of rotatable bonds is 20. The lowest BCUT2D eigenvalue weighted by molar-refractivity contribution is -0.140. The van der Waals surface area contributed by atoms with E-state index in [-0.39, 0.29) is 105 Å². The molecule has 2 aliphatic rings. The van der Waals surface area contributed by atoms with Gasteiger partial charge in [0.05, 0.1) is 0 Å². The monoisotopic (exact) mass is 1160 g/mol. The van der Waals surface area contributed by atoms with Gasteiger partial charge in [0.2, 0.25) is 11.8 Å². The first-order chi connectivity index (χ1) is 35.9. The molecule has 2 atom stereocenters. The fourth-order valence-electron chi connectivity index (χ4n) is 7.10. The number of carboxylic acids is 2. The molecular weight excluding hydrogens is 1100 g/mol. The van der Waals surface area contributed by atoms with Crippen LogP contribution in [0.5, 0.6) is 11.5 Å². The van der Waals surface area contributed by atoms with Gasteiger partial charge in [0.15, 0.2) is 47.2 Å². The number of ether oxygens (including phenoxy) is 3. The highest BCUT2D eigenvalue weighted by Gasteiger charge is 2.35. The Morgan fingerprint density at radius 2 is 0.949 bits per heavy atom. The van der Waals surface area contributed by atoms with Crippen molar-refractivity contribution >= 4 is 77.6 Å². The quantitative estimate of drug-likeness (QED) is 0.0366. The summed E-state index contributed by atoms with van der Waals surface area (Å²) in [4.78, 5) is 84.6. The van der Waals surface area contributed by atoms with Crippen LogP contribution in [0.1, 0.15) is 68.7 Å². The van der Waals surface area contributed by atoms with Crippen molar-refractivity contribution in [1.82, 2.24) is 26.6 Å². The van der Waals surface area contributed by atoms with Crippen LogP contribution in [-0.4, -0.2) is 116 Å². The van der Waals surface area contributed by atoms with E-state index in [1.54, 1.807) is 69.3 Å². The lowest BCUT2D eigenvalue weighted by Gasteiger charge is -2.23. The molecule has 2 unspecified atom stereocenters. The van der Waals surface area contributed by atoms with E-state index in [4.69, 9.17) is 25.4 Å². The first kappa shape index (κ1) is 67.2. The number of nitrogens with two attached hydrogens (primary N) is 1. The number of aliphatic carboxylic acids is 2. The molecule has 2 saturated heterocycles. The molecule has 0 aliphatic carbocycles. The average Bonchev–Trinajstić information content (AvgIpc) is 4.07. The molecule has 2 aliphatic heterocycles. The van der Waals surface area contributed by atoms with Crippen LogP contribution in [0.3, 0.4) is 0 Å². The van der Waals surface area contributed by atoms with Crippen molar-refractivity contribution in [3.8, 4) is 11.5 Å². The summed E-state index contributed by atoms with van der Waals surface area (Å²) in [6.45, 7) is 5.61. The van der Waals surface area contributed by atoms with Crippen LogP contribution >= 0.6 is 35.9 Å². The van der Waals surface area contributed by atoms with E-state index in [2.05, 4.69) is 15.4 Å². The molecular formula is C51H61ClF6N6O12S2. The molecule has 18 nitrogen and oxygen atoms in total. The van der Waals surface area contributed by atoms with E-state index in [0.717, 1.165) is 23.3 Å². The van der Waals surface area contributed by atoms with Crippen molar-refractivity contribution in [2.75, 3.05) is 37.8 Å². The number of halogens is 7. The molecule has 27 heteroatoms. The molecule has 0 spiro atoms. The summed E-state index contributed by atoms with van der Waals surface area (Å²) in [5, 5.41) is 21.4. The number of nitrogens with zero attached hydrogens (tertiary/aromatic N) is 2. The number of thioether (sulfide) groups is 2. The first-order valence-corrected chi connectivity index (χ1v) is 25.5. The van der Waals surface area contributed by atoms with Crippen LogP contribution in [0.4, 0.5) is 31.1 Å². The summed E-state index contributed by atoms with van der Waals surface area (Å²) < 4.78 is 94.9. The lowest BCUT2D eigenvalue weighted by Crippen LogP contribution is -2.44. The molecule has 428 valence electrons. The second kappa shape index (κ2) is 32.7. The Morgan fingerprint density at radius 1 is 0.603 bits per heavy atom. The molecule has 4 aromatic rings. The van der Waals surface area contributed by atoms with Crippen LogP contribution in [0.2, 0.25) is 0 Å². The fraction of sp³-hybridized carbons (Fsp3) is 0.392. The highest BCUT2D eigenvalue weighted by molar-refractivity contribution is 8.01. The number of amides is 5. The van der Waals surface area contributed by atoms with E-state index < -0.39 is 82.5 Å². The molecule has 0 saturated carbocycles. The van der Waals surface area contributed by atoms with Crippen LogP contribution in [0, 0.1) is 34.9 Å². The second-order valence-corrected chi connectivity index (χ2v) is 20.0. The third kappa shape index (κ3) is 23.0. The topological polar surface area (TPSA) is 279 Å². The maximum atomic E-state index is 13.8. The van der Waals surface area contributed by atoms with Gasteiger partial charge in [-0.3, -0.25) is 19.2 Å². The van der Waals surface area contributed by atoms with Crippen LogP contribution in [-0.2, 0) is 59.4 Å². The molecule has 78 heavy (non-hydrogen) atoms. The maximum absolute atomic E-state index is 13.8. The van der Waals surface area contributed by atoms with E-state index in [9.17, 15) is 59.9 Å². The van der Waals surface area contributed by atoms with Gasteiger partial charge in [-0.25, -0.2) is 40.7 Å². The number of nitrogens with one attached hydrogen (secondary N) is 2. The highest BCUT2D eigenvalue weighted by atomic mass is 35.5. The molecule has 2 fully saturated rings. The standard InChI is InChI=1S/2C23H23F3N2O5S.C5H11NO2.ClH.H3N/c2*24-17-11-19(26)18(25)10-15(17)2-1-3-20(29)28-8-9-34-23(28)22(32)27-12-14-4-6-16(7-5-14)33-13-21(30)31;1-5(2,3)8-4(6)7;;/h2*4-7,10-11,23H,1-3,8-9,12-13H2,(H,27,32)(H,30,31);1-3H3,(H2,6,7);1H;1H3. The molecule has 0 radical (unpaired) electrons. The van der Waals surface area contributed by atoms with Gasteiger partial charge in [-0.15, -0.1) is 35.9 Å². The number of primary amides is 1. The second-order valence-electron chi connectivity index (χ2n) is 17.7. The van der Waals surface area contributed by atoms with Gasteiger partial charge < -0.3 is 56.7 Å². The van der Waals surface area contributed by atoms with Gasteiger partial charge >= 0.3 is 18.0 Å². The molecule has 9 N–H and O–H groups in total. The van der Waals surface area contributed by atoms with Crippen molar-refractivity contribution in [1.29, 1.82) is 0 Å². The number of carbonyl (C=O) groups excluding carboxylic acids is 5. The normalized spacial score (nSPS) is 14.4. The van der Waals surface area contributed by atoms with Gasteiger partial charge in [0.25, 0.3) is 11.8 Å². The Morgan fingerprint density at radius 3 is 1.26 bits per heavy atom. The van der Waals surface area contributed by atoms with Crippen molar-refractivity contribution in [2.45, 2.75) is 88.7 Å². The maximum Gasteiger partial charge on any atom is 0.405 e. The number of hydrogen-bond donors (Lipinski definition) is 6. The largest absolute Gasteiger partial charge is 0.482 e. The summed E-state index contributed by atoms with van der Waals surface area (Å²) in [5.74, 6) is -7.91. The van der Waals surface area contributed by atoms with Gasteiger partial charge in [0.1, 0.15) is 28.7 Å². The zero-order valence-corrected chi connectivity index (χ0v) is 45.1. The van der Waals surface area contributed by atoms with Crippen molar-refractivity contribution in [3.05, 3.63) is 130 Å². The third-order valence-electron chi connectivity index (χ3n) is 10.6. The predicted octanol–water partition coefficient (Wildman–Crippen LogP) is 7.68. The summed E-state index contributed by atoms with van der Waals surface area (Å²) in [6, 6.07) is 15.7. The van der Waals surface area contributed by atoms with E-state index in [0.29, 0.717) is 48.2 Å². The Labute approximate surface area is 460 Å². The minimum absolute atomic E-state index is 0. The van der Waals surface area contributed by atoms with Crippen LogP contribution < -0.4 is 32.0 Å². The van der Waals surface area contributed by atoms with Gasteiger partial charge in [0, 0.05) is 62.7 Å². The lowest BCUT2D eigenvalue weighted by atomic mass is 10.1. The highest BCUT2D eigenvalue weighted by Crippen LogP contribution is 2.28. The third-order valence-corrected chi connectivity index (χ3v) is 13.0. The van der Waals surface area contributed by atoms with Crippen molar-refractivity contribution in [2.24, 2.45) is 5.73 Å². The Balaban J connectivity index is 0.000000457. The Hall–Kier alpha value is -6.90. The summed E-state index contributed by atoms with van der Waals surface area (Å²) in [5.41, 5.74) is 5.80. The van der Waals surface area contributed by atoms with E-state index in [1.807, 2.05) is 0 Å². The van der Waals surface area contributed by atoms with E-state index in [1.165, 1.54) is 33.3 Å². The van der Waals surface area contributed by atoms with Gasteiger partial charge in [-0.2, -0.15) is 0 Å². The van der Waals surface area contributed by atoms with Crippen molar-refractivity contribution < 1.29 is 84.3 Å². The fourth-order valence-corrected chi connectivity index (χ4v) is 9.42. The molecule has 5 amide bonds. The average molecular weight is 1160 g/mol. The number of benzene rings is 4. The van der Waals surface area contributed by atoms with Crippen molar-refractivity contribution in [3.63, 3.8) is 0 Å². The predicted molar refractivity (Wildman–Crippen MR) is 280 cm³/mol. The molecule has 4 aromatic carbocycles. The molecule has 6 rings (SSSR count). The van der Waals surface area contributed by atoms with Gasteiger partial charge in [-0.1, -0.05) is 24.3 Å². The Kier molecular flexibility index (Phi) is 28.2. The first-order valence-electron chi connectivity index (χ1n) is 23.4. The zero-order chi connectivity index (χ0) is 56.1. The zero-order valence-electron chi connectivity index (χ0n) is 42.6. The summed E-state index contributed by atoms with van der Waals surface area (Å²) in [7, 11) is 0. The summed E-state index contributed by atoms with van der Waals surface area (Å²) >= 11 is 2.67. The van der Waals surface area contributed by atoms with Crippen LogP contribution in [0.25, 0.3) is 0 Å². The van der Waals surface area contributed by atoms with E-state index >= 15 is 0 Å².